The molecule has 1 aromatic rings. The predicted octanol–water partition coefficient (Wildman–Crippen LogP) is 0.366. The molecule has 1 aromatic heterocycles. The quantitative estimate of drug-likeness (QED) is 0.695. The SMILES string of the molecule is CCOCCn1nnc(C(N)=O)c1CC1CC1. The van der Waals surface area contributed by atoms with Crippen LogP contribution in [0.25, 0.3) is 0 Å². The number of ether oxygens (including phenoxy) is 1. The standard InChI is InChI=1S/C11H18N4O2/c1-2-17-6-5-15-9(7-8-3-4-8)10(11(12)16)13-14-15/h8H,2-7H2,1H3,(H2,12,16). The van der Waals surface area contributed by atoms with Gasteiger partial charge in [0.2, 0.25) is 0 Å². The summed E-state index contributed by atoms with van der Waals surface area (Å²) in [6.07, 6.45) is 3.28. The third-order valence-corrected chi connectivity index (χ3v) is 2.90. The number of carbonyl (C=O) groups excluding carboxylic acids is 1. The summed E-state index contributed by atoms with van der Waals surface area (Å²) in [6.45, 7) is 3.82. The first kappa shape index (κ1) is 12.0. The zero-order chi connectivity index (χ0) is 12.3. The van der Waals surface area contributed by atoms with Crippen LogP contribution in [0.5, 0.6) is 0 Å². The van der Waals surface area contributed by atoms with E-state index in [9.17, 15) is 4.79 Å². The topological polar surface area (TPSA) is 83.0 Å². The Morgan fingerprint density at radius 3 is 2.94 bits per heavy atom. The van der Waals surface area contributed by atoms with Gasteiger partial charge in [0.15, 0.2) is 5.69 Å². The Balaban J connectivity index is 2.09. The van der Waals surface area contributed by atoms with Crippen LogP contribution in [-0.4, -0.2) is 34.1 Å². The van der Waals surface area contributed by atoms with E-state index in [0.717, 1.165) is 12.1 Å². The van der Waals surface area contributed by atoms with Crippen molar-refractivity contribution in [2.75, 3.05) is 13.2 Å². The van der Waals surface area contributed by atoms with Gasteiger partial charge in [-0.3, -0.25) is 4.79 Å². The highest BCUT2D eigenvalue weighted by Crippen LogP contribution is 2.33. The molecule has 17 heavy (non-hydrogen) atoms. The van der Waals surface area contributed by atoms with E-state index >= 15 is 0 Å². The van der Waals surface area contributed by atoms with Gasteiger partial charge in [0.05, 0.1) is 18.8 Å². The molecule has 1 saturated carbocycles. The van der Waals surface area contributed by atoms with Crippen LogP contribution >= 0.6 is 0 Å². The van der Waals surface area contributed by atoms with Crippen molar-refractivity contribution in [1.82, 2.24) is 15.0 Å². The Labute approximate surface area is 100 Å². The van der Waals surface area contributed by atoms with Crippen molar-refractivity contribution in [3.05, 3.63) is 11.4 Å². The monoisotopic (exact) mass is 238 g/mol. The molecule has 0 aliphatic heterocycles. The Morgan fingerprint density at radius 1 is 1.59 bits per heavy atom. The van der Waals surface area contributed by atoms with E-state index in [-0.39, 0.29) is 0 Å². The molecule has 94 valence electrons. The van der Waals surface area contributed by atoms with Crippen molar-refractivity contribution in [3.63, 3.8) is 0 Å². The third-order valence-electron chi connectivity index (χ3n) is 2.90. The number of amides is 1. The highest BCUT2D eigenvalue weighted by Gasteiger charge is 2.27. The lowest BCUT2D eigenvalue weighted by molar-refractivity contribution is 0.0994. The Kier molecular flexibility index (Phi) is 3.73. The summed E-state index contributed by atoms with van der Waals surface area (Å²) in [5, 5.41) is 7.83. The summed E-state index contributed by atoms with van der Waals surface area (Å²) in [7, 11) is 0. The highest BCUT2D eigenvalue weighted by molar-refractivity contribution is 5.91. The summed E-state index contributed by atoms with van der Waals surface area (Å²) >= 11 is 0. The van der Waals surface area contributed by atoms with E-state index in [1.807, 2.05) is 6.92 Å². The smallest absolute Gasteiger partial charge is 0.271 e. The lowest BCUT2D eigenvalue weighted by atomic mass is 10.1. The van der Waals surface area contributed by atoms with E-state index in [4.69, 9.17) is 10.5 Å². The van der Waals surface area contributed by atoms with Crippen LogP contribution in [-0.2, 0) is 17.7 Å². The lowest BCUT2D eigenvalue weighted by Gasteiger charge is -2.06. The number of carbonyl (C=O) groups is 1. The Morgan fingerprint density at radius 2 is 2.35 bits per heavy atom. The summed E-state index contributed by atoms with van der Waals surface area (Å²) in [6, 6.07) is 0. The van der Waals surface area contributed by atoms with Gasteiger partial charge in [0, 0.05) is 6.61 Å². The van der Waals surface area contributed by atoms with Gasteiger partial charge in [-0.05, 0) is 32.1 Å². The van der Waals surface area contributed by atoms with Gasteiger partial charge in [0.1, 0.15) is 0 Å². The predicted molar refractivity (Wildman–Crippen MR) is 61.5 cm³/mol. The van der Waals surface area contributed by atoms with Crippen molar-refractivity contribution < 1.29 is 9.53 Å². The largest absolute Gasteiger partial charge is 0.380 e. The van der Waals surface area contributed by atoms with E-state index in [1.54, 1.807) is 4.68 Å². The molecule has 1 fully saturated rings. The number of rotatable bonds is 7. The summed E-state index contributed by atoms with van der Waals surface area (Å²) in [5.41, 5.74) is 6.47. The van der Waals surface area contributed by atoms with Crippen LogP contribution in [0.2, 0.25) is 0 Å². The molecule has 6 heteroatoms. The fraction of sp³-hybridized carbons (Fsp3) is 0.727. The number of aromatic nitrogens is 3. The molecular formula is C11H18N4O2. The molecule has 1 aliphatic rings. The molecule has 0 bridgehead atoms. The molecule has 1 heterocycles. The number of hydrogen-bond acceptors (Lipinski definition) is 4. The fourth-order valence-corrected chi connectivity index (χ4v) is 1.80. The van der Waals surface area contributed by atoms with Crippen molar-refractivity contribution in [2.24, 2.45) is 11.7 Å². The van der Waals surface area contributed by atoms with Crippen LogP contribution in [0, 0.1) is 5.92 Å². The van der Waals surface area contributed by atoms with E-state index in [1.165, 1.54) is 12.8 Å². The zero-order valence-corrected chi connectivity index (χ0v) is 10.1. The Hall–Kier alpha value is -1.43. The van der Waals surface area contributed by atoms with Crippen molar-refractivity contribution in [1.29, 1.82) is 0 Å². The molecule has 6 nitrogen and oxygen atoms in total. The maximum absolute atomic E-state index is 11.2. The second-order valence-electron chi connectivity index (χ2n) is 4.32. The van der Waals surface area contributed by atoms with Crippen LogP contribution < -0.4 is 5.73 Å². The van der Waals surface area contributed by atoms with Gasteiger partial charge in [-0.1, -0.05) is 5.21 Å². The van der Waals surface area contributed by atoms with Gasteiger partial charge in [-0.15, -0.1) is 5.10 Å². The second-order valence-corrected chi connectivity index (χ2v) is 4.32. The molecule has 0 saturated heterocycles. The van der Waals surface area contributed by atoms with Gasteiger partial charge < -0.3 is 10.5 Å². The number of nitrogens with zero attached hydrogens (tertiary/aromatic N) is 3. The molecule has 2 rings (SSSR count). The fourth-order valence-electron chi connectivity index (χ4n) is 1.80. The number of hydrogen-bond donors (Lipinski definition) is 1. The van der Waals surface area contributed by atoms with Gasteiger partial charge >= 0.3 is 0 Å². The molecule has 0 radical (unpaired) electrons. The molecular weight excluding hydrogens is 220 g/mol. The van der Waals surface area contributed by atoms with Crippen molar-refractivity contribution >= 4 is 5.91 Å². The first-order chi connectivity index (χ1) is 8.22. The minimum absolute atomic E-state index is 0.313. The number of primary amides is 1. The third kappa shape index (κ3) is 3.03. The average molecular weight is 238 g/mol. The summed E-state index contributed by atoms with van der Waals surface area (Å²) in [4.78, 5) is 11.2. The highest BCUT2D eigenvalue weighted by atomic mass is 16.5. The first-order valence-corrected chi connectivity index (χ1v) is 6.02. The minimum atomic E-state index is -0.497. The van der Waals surface area contributed by atoms with Gasteiger partial charge in [-0.25, -0.2) is 4.68 Å². The minimum Gasteiger partial charge on any atom is -0.380 e. The zero-order valence-electron chi connectivity index (χ0n) is 10.1. The molecule has 1 aliphatic carbocycles. The molecule has 1 amide bonds. The number of nitrogens with two attached hydrogens (primary N) is 1. The van der Waals surface area contributed by atoms with Crippen LogP contribution in [0.4, 0.5) is 0 Å². The second kappa shape index (κ2) is 5.27. The van der Waals surface area contributed by atoms with Crippen molar-refractivity contribution in [3.8, 4) is 0 Å². The Bertz CT molecular complexity index is 398. The summed E-state index contributed by atoms with van der Waals surface area (Å²) in [5.74, 6) is 0.167. The summed E-state index contributed by atoms with van der Waals surface area (Å²) < 4.78 is 7.02. The maximum Gasteiger partial charge on any atom is 0.271 e. The molecule has 2 N–H and O–H groups in total. The molecule has 0 aromatic carbocycles. The van der Waals surface area contributed by atoms with Gasteiger partial charge in [-0.2, -0.15) is 0 Å². The first-order valence-electron chi connectivity index (χ1n) is 6.02. The van der Waals surface area contributed by atoms with Crippen LogP contribution in [0.3, 0.4) is 0 Å². The van der Waals surface area contributed by atoms with Gasteiger partial charge in [0.25, 0.3) is 5.91 Å². The molecule has 0 atom stereocenters. The lowest BCUT2D eigenvalue weighted by Crippen LogP contribution is -2.17. The average Bonchev–Trinajstić information content (AvgIpc) is 3.01. The maximum atomic E-state index is 11.2. The van der Waals surface area contributed by atoms with E-state index < -0.39 is 5.91 Å². The van der Waals surface area contributed by atoms with E-state index in [2.05, 4.69) is 10.3 Å². The van der Waals surface area contributed by atoms with Crippen LogP contribution in [0.15, 0.2) is 0 Å². The van der Waals surface area contributed by atoms with Crippen molar-refractivity contribution in [2.45, 2.75) is 32.7 Å². The normalized spacial score (nSPS) is 15.1. The van der Waals surface area contributed by atoms with E-state index in [0.29, 0.717) is 31.4 Å². The van der Waals surface area contributed by atoms with Crippen LogP contribution in [0.1, 0.15) is 35.9 Å². The molecule has 0 unspecified atom stereocenters. The molecule has 0 spiro atoms.